The fourth-order valence-corrected chi connectivity index (χ4v) is 4.68. The van der Waals surface area contributed by atoms with Gasteiger partial charge in [-0.3, -0.25) is 4.90 Å². The molecule has 0 saturated carbocycles. The Balaban J connectivity index is 1.29. The molecule has 0 amide bonds. The van der Waals surface area contributed by atoms with E-state index in [9.17, 15) is 23.2 Å². The minimum Gasteiger partial charge on any atom is -0.488 e. The Kier molecular flexibility index (Phi) is 8.07. The lowest BCUT2D eigenvalue weighted by Gasteiger charge is -2.35. The summed E-state index contributed by atoms with van der Waals surface area (Å²) in [5.74, 6) is -1.17. The van der Waals surface area contributed by atoms with Crippen molar-refractivity contribution in [1.29, 1.82) is 5.26 Å². The highest BCUT2D eigenvalue weighted by Gasteiger charge is 2.41. The van der Waals surface area contributed by atoms with Crippen LogP contribution >= 0.6 is 0 Å². The molecule has 1 fully saturated rings. The summed E-state index contributed by atoms with van der Waals surface area (Å²) in [6, 6.07) is 18.0. The first-order chi connectivity index (χ1) is 19.7. The van der Waals surface area contributed by atoms with E-state index in [1.807, 2.05) is 30.3 Å². The number of piperazine rings is 1. The molecular formula is C29H27F3N6O3. The molecule has 0 unspecified atom stereocenters. The van der Waals surface area contributed by atoms with Crippen molar-refractivity contribution in [2.24, 2.45) is 0 Å². The number of pyridine rings is 2. The van der Waals surface area contributed by atoms with Gasteiger partial charge in [-0.05, 0) is 30.7 Å². The van der Waals surface area contributed by atoms with Crippen LogP contribution in [0.5, 0.6) is 5.75 Å². The minimum atomic E-state index is -5.09. The minimum absolute atomic E-state index is 0.272. The Bertz CT molecular complexity index is 1540. The third-order valence-electron chi connectivity index (χ3n) is 6.74. The highest BCUT2D eigenvalue weighted by Crippen LogP contribution is 2.31. The van der Waals surface area contributed by atoms with Crippen LogP contribution in [0.2, 0.25) is 0 Å². The van der Waals surface area contributed by atoms with Crippen LogP contribution in [0.15, 0.2) is 67.1 Å². The van der Waals surface area contributed by atoms with Crippen LogP contribution in [0.3, 0.4) is 0 Å². The number of hydrogen-bond donors (Lipinski definition) is 0. The first-order valence-electron chi connectivity index (χ1n) is 13.0. The highest BCUT2D eigenvalue weighted by molar-refractivity contribution is 5.85. The zero-order valence-corrected chi connectivity index (χ0v) is 22.2. The monoisotopic (exact) mass is 564 g/mol. The summed E-state index contributed by atoms with van der Waals surface area (Å²) in [6.45, 7) is 5.40. The number of hydrogen-bond acceptors (Lipinski definition) is 8. The van der Waals surface area contributed by atoms with Gasteiger partial charge in [-0.15, -0.1) is 0 Å². The number of rotatable bonds is 8. The van der Waals surface area contributed by atoms with Crippen LogP contribution in [0, 0.1) is 11.3 Å². The molecule has 0 bridgehead atoms. The highest BCUT2D eigenvalue weighted by atomic mass is 19.4. The van der Waals surface area contributed by atoms with Gasteiger partial charge in [0.05, 0.1) is 23.5 Å². The third-order valence-corrected chi connectivity index (χ3v) is 6.74. The van der Waals surface area contributed by atoms with Gasteiger partial charge in [-0.1, -0.05) is 30.3 Å². The van der Waals surface area contributed by atoms with Crippen molar-refractivity contribution in [3.05, 3.63) is 78.2 Å². The van der Waals surface area contributed by atoms with Crippen LogP contribution in [-0.2, 0) is 16.1 Å². The molecule has 41 heavy (non-hydrogen) atoms. The Morgan fingerprint density at radius 3 is 2.51 bits per heavy atom. The number of alkyl halides is 3. The zero-order valence-electron chi connectivity index (χ0n) is 22.2. The second-order valence-corrected chi connectivity index (χ2v) is 9.73. The van der Waals surface area contributed by atoms with Crippen LogP contribution in [-0.4, -0.2) is 70.5 Å². The average Bonchev–Trinajstić information content (AvgIpc) is 3.39. The molecule has 12 heteroatoms. The second kappa shape index (κ2) is 11.9. The van der Waals surface area contributed by atoms with Crippen LogP contribution in [0.4, 0.5) is 19.0 Å². The van der Waals surface area contributed by atoms with Gasteiger partial charge in [-0.25, -0.2) is 14.3 Å². The lowest BCUT2D eigenvalue weighted by molar-refractivity contribution is -0.205. The number of carbonyl (C=O) groups is 1. The molecule has 1 saturated heterocycles. The van der Waals surface area contributed by atoms with Crippen LogP contribution in [0.1, 0.15) is 18.1 Å². The van der Waals surface area contributed by atoms with Crippen molar-refractivity contribution >= 4 is 17.3 Å². The third kappa shape index (κ3) is 6.58. The predicted octanol–water partition coefficient (Wildman–Crippen LogP) is 4.46. The molecule has 0 radical (unpaired) electrons. The molecule has 1 aliphatic rings. The lowest BCUT2D eigenvalue weighted by atomic mass is 10.1. The quantitative estimate of drug-likeness (QED) is 0.290. The molecule has 9 nitrogen and oxygen atoms in total. The maximum atomic E-state index is 12.5. The number of esters is 1. The Morgan fingerprint density at radius 2 is 1.85 bits per heavy atom. The number of nitriles is 1. The van der Waals surface area contributed by atoms with E-state index in [2.05, 4.69) is 42.8 Å². The fraction of sp³-hybridized carbons (Fsp3) is 0.310. The number of benzene rings is 1. The molecule has 1 aromatic carbocycles. The van der Waals surface area contributed by atoms with E-state index in [-0.39, 0.29) is 12.4 Å². The predicted molar refractivity (Wildman–Crippen MR) is 144 cm³/mol. The number of halogens is 3. The van der Waals surface area contributed by atoms with Gasteiger partial charge in [0, 0.05) is 50.0 Å². The summed E-state index contributed by atoms with van der Waals surface area (Å²) in [7, 11) is 0. The second-order valence-electron chi connectivity index (χ2n) is 9.73. The summed E-state index contributed by atoms with van der Waals surface area (Å²) in [5, 5.41) is 13.8. The summed E-state index contributed by atoms with van der Waals surface area (Å²) in [6.07, 6.45) is -1.59. The molecule has 1 atom stereocenters. The first-order valence-corrected chi connectivity index (χ1v) is 13.0. The number of carbonyl (C=O) groups excluding carboxylic acids is 1. The summed E-state index contributed by atoms with van der Waals surface area (Å²) < 4.78 is 49.0. The lowest BCUT2D eigenvalue weighted by Crippen LogP contribution is -2.46. The summed E-state index contributed by atoms with van der Waals surface area (Å²) >= 11 is 0. The van der Waals surface area contributed by atoms with Gasteiger partial charge in [0.2, 0.25) is 0 Å². The standard InChI is InChI=1S/C29H27F3N6O3/c1-20(41-28(39)29(30,31)32)19-40-24-13-25(27-23(14-33)16-35-38(27)18-24)22-7-8-26(34-15-22)37-11-9-36(10-12-37)17-21-5-3-2-4-6-21/h2-8,13,15-16,18,20H,9-12,17,19H2,1H3/t20-/m1/s1. The molecule has 3 aromatic heterocycles. The van der Waals surface area contributed by atoms with E-state index in [1.54, 1.807) is 12.3 Å². The van der Waals surface area contributed by atoms with E-state index >= 15 is 0 Å². The Labute approximate surface area is 234 Å². The number of aromatic nitrogens is 3. The maximum Gasteiger partial charge on any atom is 0.490 e. The SMILES string of the molecule is C[C@H](COc1cc(-c2ccc(N3CCN(Cc4ccccc4)CC3)nc2)c2c(C#N)cnn2c1)OC(=O)C(F)(F)F. The Morgan fingerprint density at radius 1 is 1.10 bits per heavy atom. The fourth-order valence-electron chi connectivity index (χ4n) is 4.68. The van der Waals surface area contributed by atoms with Gasteiger partial charge in [-0.2, -0.15) is 23.5 Å². The van der Waals surface area contributed by atoms with E-state index in [0.717, 1.165) is 38.5 Å². The average molecular weight is 565 g/mol. The van der Waals surface area contributed by atoms with Crippen molar-refractivity contribution in [2.75, 3.05) is 37.7 Å². The summed E-state index contributed by atoms with van der Waals surface area (Å²) in [5.41, 5.74) is 3.50. The van der Waals surface area contributed by atoms with Gasteiger partial charge in [0.25, 0.3) is 0 Å². The van der Waals surface area contributed by atoms with Crippen molar-refractivity contribution in [1.82, 2.24) is 19.5 Å². The van der Waals surface area contributed by atoms with Crippen molar-refractivity contribution in [3.8, 4) is 22.9 Å². The van der Waals surface area contributed by atoms with Crippen LogP contribution < -0.4 is 9.64 Å². The van der Waals surface area contributed by atoms with Crippen molar-refractivity contribution < 1.29 is 27.4 Å². The van der Waals surface area contributed by atoms with E-state index in [4.69, 9.17) is 4.74 Å². The van der Waals surface area contributed by atoms with Gasteiger partial charge < -0.3 is 14.4 Å². The van der Waals surface area contributed by atoms with E-state index in [1.165, 1.54) is 29.4 Å². The zero-order chi connectivity index (χ0) is 29.0. The molecule has 4 heterocycles. The normalized spacial score (nSPS) is 15.0. The van der Waals surface area contributed by atoms with E-state index < -0.39 is 18.2 Å². The first kappa shape index (κ1) is 27.9. The van der Waals surface area contributed by atoms with Crippen molar-refractivity contribution in [3.63, 3.8) is 0 Å². The summed E-state index contributed by atoms with van der Waals surface area (Å²) in [4.78, 5) is 20.4. The largest absolute Gasteiger partial charge is 0.490 e. The molecule has 5 rings (SSSR count). The topological polar surface area (TPSA) is 96.0 Å². The molecule has 212 valence electrons. The Hall–Kier alpha value is -4.63. The maximum absolute atomic E-state index is 12.5. The van der Waals surface area contributed by atoms with Gasteiger partial charge in [0.1, 0.15) is 30.3 Å². The molecule has 4 aromatic rings. The van der Waals surface area contributed by atoms with Gasteiger partial charge in [0.15, 0.2) is 0 Å². The van der Waals surface area contributed by atoms with Gasteiger partial charge >= 0.3 is 12.1 Å². The number of anilines is 1. The molecule has 0 aliphatic carbocycles. The number of nitrogens with zero attached hydrogens (tertiary/aromatic N) is 6. The molecule has 1 aliphatic heterocycles. The van der Waals surface area contributed by atoms with Crippen LogP contribution in [0.25, 0.3) is 16.6 Å². The smallest absolute Gasteiger partial charge is 0.488 e. The number of fused-ring (bicyclic) bond motifs is 1. The molecular weight excluding hydrogens is 537 g/mol. The molecule has 0 N–H and O–H groups in total. The van der Waals surface area contributed by atoms with Crippen molar-refractivity contribution in [2.45, 2.75) is 25.7 Å². The number of ether oxygens (including phenoxy) is 2. The van der Waals surface area contributed by atoms with E-state index in [0.29, 0.717) is 22.2 Å². The molecule has 0 spiro atoms.